The second-order valence-corrected chi connectivity index (χ2v) is 3.93. The highest BCUT2D eigenvalue weighted by molar-refractivity contribution is 9.10. The third-order valence-corrected chi connectivity index (χ3v) is 3.17. The van der Waals surface area contributed by atoms with E-state index in [1.807, 2.05) is 23.7 Å². The number of aliphatic hydroxyl groups excluding tert-OH is 1. The zero-order chi connectivity index (χ0) is 10.8. The van der Waals surface area contributed by atoms with Gasteiger partial charge < -0.3 is 14.1 Å². The summed E-state index contributed by atoms with van der Waals surface area (Å²) < 4.78 is 8.05. The molecule has 2 aromatic heterocycles. The molecule has 4 nitrogen and oxygen atoms in total. The Labute approximate surface area is 95.7 Å². The average Bonchev–Trinajstić information content (AvgIpc) is 2.82. The summed E-state index contributed by atoms with van der Waals surface area (Å²) in [6.45, 7) is 0.0905. The second kappa shape index (κ2) is 4.20. The van der Waals surface area contributed by atoms with Crippen molar-refractivity contribution in [1.82, 2.24) is 9.55 Å². The molecule has 0 aliphatic heterocycles. The largest absolute Gasteiger partial charge is 0.461 e. The van der Waals surface area contributed by atoms with E-state index in [1.54, 1.807) is 6.26 Å². The van der Waals surface area contributed by atoms with Gasteiger partial charge in [0.1, 0.15) is 4.60 Å². The van der Waals surface area contributed by atoms with Gasteiger partial charge in [-0.05, 0) is 28.1 Å². The lowest BCUT2D eigenvalue weighted by molar-refractivity contribution is 0.298. The zero-order valence-corrected chi connectivity index (χ0v) is 9.86. The molecule has 0 saturated carbocycles. The number of halogens is 1. The summed E-state index contributed by atoms with van der Waals surface area (Å²) in [6, 6.07) is 3.68. The number of imidazole rings is 1. The first-order valence-electron chi connectivity index (χ1n) is 4.60. The molecule has 0 unspecified atom stereocenters. The summed E-state index contributed by atoms with van der Waals surface area (Å²) in [5.41, 5.74) is 0.839. The second-order valence-electron chi connectivity index (χ2n) is 3.18. The number of hydrogen-bond acceptors (Lipinski definition) is 3. The minimum absolute atomic E-state index is 0.0905. The highest BCUT2D eigenvalue weighted by Gasteiger charge is 2.14. The maximum Gasteiger partial charge on any atom is 0.177 e. The van der Waals surface area contributed by atoms with Crippen molar-refractivity contribution in [3.8, 4) is 11.6 Å². The molecule has 0 atom stereocenters. The molecule has 0 fully saturated rings. The summed E-state index contributed by atoms with van der Waals surface area (Å²) in [7, 11) is 1.90. The number of aromatic nitrogens is 2. The van der Waals surface area contributed by atoms with E-state index in [4.69, 9.17) is 9.52 Å². The van der Waals surface area contributed by atoms with Crippen LogP contribution in [0.5, 0.6) is 0 Å². The van der Waals surface area contributed by atoms with Gasteiger partial charge in [0.25, 0.3) is 0 Å². The van der Waals surface area contributed by atoms with Crippen LogP contribution < -0.4 is 0 Å². The van der Waals surface area contributed by atoms with Gasteiger partial charge in [0.05, 0.1) is 12.0 Å². The number of furan rings is 1. The van der Waals surface area contributed by atoms with E-state index in [-0.39, 0.29) is 6.61 Å². The predicted molar refractivity (Wildman–Crippen MR) is 59.4 cm³/mol. The maximum atomic E-state index is 8.88. The Morgan fingerprint density at radius 1 is 1.60 bits per heavy atom. The minimum atomic E-state index is 0.0905. The van der Waals surface area contributed by atoms with Crippen molar-refractivity contribution in [1.29, 1.82) is 0 Å². The first-order valence-corrected chi connectivity index (χ1v) is 5.39. The Hall–Kier alpha value is -1.07. The van der Waals surface area contributed by atoms with E-state index in [0.29, 0.717) is 6.42 Å². The fourth-order valence-corrected chi connectivity index (χ4v) is 1.88. The van der Waals surface area contributed by atoms with Crippen molar-refractivity contribution < 1.29 is 9.52 Å². The Morgan fingerprint density at radius 2 is 2.40 bits per heavy atom. The standard InChI is InChI=1S/C10H11BrN2O2/c1-13-9(11)7(4-5-14)12-10(13)8-3-2-6-15-8/h2-3,6,14H,4-5H2,1H3. The molecule has 0 aromatic carbocycles. The summed E-state index contributed by atoms with van der Waals surface area (Å²) in [4.78, 5) is 4.40. The van der Waals surface area contributed by atoms with Crippen LogP contribution in [0.25, 0.3) is 11.6 Å². The van der Waals surface area contributed by atoms with E-state index < -0.39 is 0 Å². The minimum Gasteiger partial charge on any atom is -0.461 e. The van der Waals surface area contributed by atoms with Crippen LogP contribution in [-0.4, -0.2) is 21.3 Å². The van der Waals surface area contributed by atoms with Gasteiger partial charge in [0, 0.05) is 20.1 Å². The van der Waals surface area contributed by atoms with Crippen molar-refractivity contribution in [2.75, 3.05) is 6.61 Å². The quantitative estimate of drug-likeness (QED) is 0.928. The molecule has 2 heterocycles. The molecule has 0 radical (unpaired) electrons. The van der Waals surface area contributed by atoms with Crippen LogP contribution in [0.15, 0.2) is 27.4 Å². The molecule has 0 saturated heterocycles. The van der Waals surface area contributed by atoms with Crippen molar-refractivity contribution in [2.24, 2.45) is 7.05 Å². The Kier molecular flexibility index (Phi) is 2.93. The van der Waals surface area contributed by atoms with Gasteiger partial charge in [0.15, 0.2) is 11.6 Å². The predicted octanol–water partition coefficient (Wildman–Crippen LogP) is 1.98. The molecule has 2 aromatic rings. The monoisotopic (exact) mass is 270 g/mol. The van der Waals surface area contributed by atoms with Crippen molar-refractivity contribution in [3.63, 3.8) is 0 Å². The average molecular weight is 271 g/mol. The van der Waals surface area contributed by atoms with Crippen LogP contribution in [-0.2, 0) is 13.5 Å². The summed E-state index contributed by atoms with van der Waals surface area (Å²) in [6.07, 6.45) is 2.15. The van der Waals surface area contributed by atoms with Crippen LogP contribution in [0, 0.1) is 0 Å². The van der Waals surface area contributed by atoms with Gasteiger partial charge in [-0.2, -0.15) is 0 Å². The summed E-state index contributed by atoms with van der Waals surface area (Å²) in [5.74, 6) is 1.48. The molecular weight excluding hydrogens is 260 g/mol. The Morgan fingerprint density at radius 3 is 3.00 bits per heavy atom. The van der Waals surface area contributed by atoms with Crippen molar-refractivity contribution in [3.05, 3.63) is 28.7 Å². The SMILES string of the molecule is Cn1c(-c2ccco2)nc(CCO)c1Br. The number of aliphatic hydroxyl groups is 1. The van der Waals surface area contributed by atoms with Gasteiger partial charge in [-0.15, -0.1) is 0 Å². The van der Waals surface area contributed by atoms with E-state index in [1.165, 1.54) is 0 Å². The van der Waals surface area contributed by atoms with Gasteiger partial charge in [-0.3, -0.25) is 0 Å². The zero-order valence-electron chi connectivity index (χ0n) is 8.27. The molecule has 5 heteroatoms. The molecule has 0 amide bonds. The fraction of sp³-hybridized carbons (Fsp3) is 0.300. The van der Waals surface area contributed by atoms with Gasteiger partial charge in [-0.25, -0.2) is 4.98 Å². The summed E-state index contributed by atoms with van der Waals surface area (Å²) in [5, 5.41) is 8.88. The van der Waals surface area contributed by atoms with E-state index in [0.717, 1.165) is 21.9 Å². The van der Waals surface area contributed by atoms with Gasteiger partial charge in [0.2, 0.25) is 0 Å². The molecular formula is C10H11BrN2O2. The summed E-state index contributed by atoms with van der Waals surface area (Å²) >= 11 is 3.44. The van der Waals surface area contributed by atoms with Gasteiger partial charge >= 0.3 is 0 Å². The Bertz CT molecular complexity index is 448. The smallest absolute Gasteiger partial charge is 0.177 e. The van der Waals surface area contributed by atoms with Crippen molar-refractivity contribution >= 4 is 15.9 Å². The fourth-order valence-electron chi connectivity index (χ4n) is 1.43. The van der Waals surface area contributed by atoms with Crippen LogP contribution in [0.1, 0.15) is 5.69 Å². The highest BCUT2D eigenvalue weighted by Crippen LogP contribution is 2.25. The van der Waals surface area contributed by atoms with Crippen LogP contribution >= 0.6 is 15.9 Å². The molecule has 15 heavy (non-hydrogen) atoms. The molecule has 1 N–H and O–H groups in total. The number of rotatable bonds is 3. The third-order valence-electron chi connectivity index (χ3n) is 2.18. The molecule has 0 aliphatic carbocycles. The first-order chi connectivity index (χ1) is 7.24. The highest BCUT2D eigenvalue weighted by atomic mass is 79.9. The van der Waals surface area contributed by atoms with Crippen molar-refractivity contribution in [2.45, 2.75) is 6.42 Å². The molecule has 0 bridgehead atoms. The van der Waals surface area contributed by atoms with Crippen LogP contribution in [0.3, 0.4) is 0 Å². The van der Waals surface area contributed by atoms with Crippen LogP contribution in [0.2, 0.25) is 0 Å². The molecule has 80 valence electrons. The van der Waals surface area contributed by atoms with Gasteiger partial charge in [-0.1, -0.05) is 0 Å². The molecule has 2 rings (SSSR count). The normalized spacial score (nSPS) is 10.9. The number of nitrogens with zero attached hydrogens (tertiary/aromatic N) is 2. The lowest BCUT2D eigenvalue weighted by atomic mass is 10.3. The first kappa shape index (κ1) is 10.4. The topological polar surface area (TPSA) is 51.2 Å². The van der Waals surface area contributed by atoms with E-state index in [9.17, 15) is 0 Å². The molecule has 0 aliphatic rings. The van der Waals surface area contributed by atoms with Crippen LogP contribution in [0.4, 0.5) is 0 Å². The maximum absolute atomic E-state index is 8.88. The number of hydrogen-bond donors (Lipinski definition) is 1. The third kappa shape index (κ3) is 1.85. The van der Waals surface area contributed by atoms with E-state index in [2.05, 4.69) is 20.9 Å². The van der Waals surface area contributed by atoms with E-state index >= 15 is 0 Å². The molecule has 0 spiro atoms. The lowest BCUT2D eigenvalue weighted by Crippen LogP contribution is -1.92. The Balaban J connectivity index is 2.45. The lowest BCUT2D eigenvalue weighted by Gasteiger charge is -1.97.